The van der Waals surface area contributed by atoms with Crippen LogP contribution in [-0.2, 0) is 9.47 Å². The minimum atomic E-state index is 0. The maximum atomic E-state index is 5.60. The predicted octanol–water partition coefficient (Wildman–Crippen LogP) is 1.88. The first-order valence-corrected chi connectivity index (χ1v) is 10.7. The van der Waals surface area contributed by atoms with Gasteiger partial charge in [0.1, 0.15) is 0 Å². The number of guanidine groups is 1. The molecule has 0 saturated carbocycles. The molecule has 1 aliphatic rings. The van der Waals surface area contributed by atoms with Gasteiger partial charge in [0.25, 0.3) is 0 Å². The van der Waals surface area contributed by atoms with E-state index in [4.69, 9.17) is 14.5 Å². The van der Waals surface area contributed by atoms with Crippen molar-refractivity contribution in [1.82, 2.24) is 20.4 Å². The number of piperazine rings is 1. The molecule has 1 unspecified atom stereocenters. The van der Waals surface area contributed by atoms with Crippen LogP contribution < -0.4 is 10.6 Å². The molecule has 0 aromatic rings. The molecule has 0 bridgehead atoms. The highest BCUT2D eigenvalue weighted by Crippen LogP contribution is 2.05. The molecule has 0 aromatic carbocycles. The Bertz CT molecular complexity index is 380. The van der Waals surface area contributed by atoms with E-state index in [0.29, 0.717) is 25.7 Å². The summed E-state index contributed by atoms with van der Waals surface area (Å²) in [6.07, 6.45) is 2.29. The lowest BCUT2D eigenvalue weighted by Gasteiger charge is -2.33. The zero-order valence-electron chi connectivity index (χ0n) is 18.5. The van der Waals surface area contributed by atoms with Crippen LogP contribution in [0.25, 0.3) is 0 Å². The molecule has 1 fully saturated rings. The van der Waals surface area contributed by atoms with Crippen molar-refractivity contribution in [2.75, 3.05) is 85.8 Å². The SMILES string of the molecule is CCCCOCCOCCNC(=NCC(C)CN1CCN(C)CC1)NCC.I. The first-order valence-electron chi connectivity index (χ1n) is 10.7. The maximum absolute atomic E-state index is 5.60. The smallest absolute Gasteiger partial charge is 0.191 e. The molecular formula is C20H44IN5O2. The van der Waals surface area contributed by atoms with E-state index in [0.717, 1.165) is 45.2 Å². The zero-order valence-corrected chi connectivity index (χ0v) is 20.9. The Balaban J connectivity index is 0.00000729. The third-order valence-electron chi connectivity index (χ3n) is 4.62. The Hall–Kier alpha value is -0.160. The Morgan fingerprint density at radius 2 is 1.68 bits per heavy atom. The van der Waals surface area contributed by atoms with E-state index in [1.807, 2.05) is 0 Å². The van der Waals surface area contributed by atoms with Crippen LogP contribution in [0.4, 0.5) is 0 Å². The van der Waals surface area contributed by atoms with Crippen molar-refractivity contribution in [2.24, 2.45) is 10.9 Å². The number of nitrogens with one attached hydrogen (secondary N) is 2. The Morgan fingerprint density at radius 1 is 1.00 bits per heavy atom. The maximum Gasteiger partial charge on any atom is 0.191 e. The summed E-state index contributed by atoms with van der Waals surface area (Å²) in [5.41, 5.74) is 0. The molecule has 0 amide bonds. The largest absolute Gasteiger partial charge is 0.379 e. The number of aliphatic imine (C=N–C) groups is 1. The van der Waals surface area contributed by atoms with E-state index in [9.17, 15) is 0 Å². The van der Waals surface area contributed by atoms with Crippen LogP contribution in [-0.4, -0.2) is 102 Å². The van der Waals surface area contributed by atoms with Gasteiger partial charge in [-0.2, -0.15) is 0 Å². The van der Waals surface area contributed by atoms with Gasteiger partial charge in [0.05, 0.1) is 19.8 Å². The molecule has 168 valence electrons. The van der Waals surface area contributed by atoms with E-state index >= 15 is 0 Å². The fourth-order valence-corrected chi connectivity index (χ4v) is 2.93. The van der Waals surface area contributed by atoms with Crippen molar-refractivity contribution in [2.45, 2.75) is 33.6 Å². The highest BCUT2D eigenvalue weighted by atomic mass is 127. The number of likely N-dealkylation sites (N-methyl/N-ethyl adjacent to an activating group) is 1. The summed E-state index contributed by atoms with van der Waals surface area (Å²) < 4.78 is 11.1. The van der Waals surface area contributed by atoms with Crippen LogP contribution in [0, 0.1) is 5.92 Å². The molecule has 1 atom stereocenters. The Labute approximate surface area is 190 Å². The Morgan fingerprint density at radius 3 is 2.32 bits per heavy atom. The van der Waals surface area contributed by atoms with Crippen LogP contribution >= 0.6 is 24.0 Å². The summed E-state index contributed by atoms with van der Waals surface area (Å²) in [6.45, 7) is 17.6. The first kappa shape index (κ1) is 27.8. The van der Waals surface area contributed by atoms with Gasteiger partial charge in [-0.25, -0.2) is 0 Å². The van der Waals surface area contributed by atoms with Crippen molar-refractivity contribution in [3.63, 3.8) is 0 Å². The zero-order chi connectivity index (χ0) is 19.7. The molecule has 1 saturated heterocycles. The van der Waals surface area contributed by atoms with Gasteiger partial charge in [-0.3, -0.25) is 4.99 Å². The second-order valence-electron chi connectivity index (χ2n) is 7.43. The molecule has 28 heavy (non-hydrogen) atoms. The molecule has 2 N–H and O–H groups in total. The van der Waals surface area contributed by atoms with Crippen LogP contribution in [0.3, 0.4) is 0 Å². The predicted molar refractivity (Wildman–Crippen MR) is 129 cm³/mol. The fourth-order valence-electron chi connectivity index (χ4n) is 2.93. The first-order chi connectivity index (χ1) is 13.2. The fraction of sp³-hybridized carbons (Fsp3) is 0.950. The van der Waals surface area contributed by atoms with Gasteiger partial charge in [-0.05, 0) is 26.3 Å². The van der Waals surface area contributed by atoms with E-state index < -0.39 is 0 Å². The van der Waals surface area contributed by atoms with Gasteiger partial charge >= 0.3 is 0 Å². The number of hydrogen-bond acceptors (Lipinski definition) is 5. The van der Waals surface area contributed by atoms with E-state index in [2.05, 4.69) is 48.3 Å². The molecule has 0 spiro atoms. The number of unbranched alkanes of at least 4 members (excludes halogenated alkanes) is 1. The molecular weight excluding hydrogens is 469 g/mol. The summed E-state index contributed by atoms with van der Waals surface area (Å²) in [5.74, 6) is 1.44. The number of hydrogen-bond donors (Lipinski definition) is 2. The average Bonchev–Trinajstić information content (AvgIpc) is 2.66. The minimum absolute atomic E-state index is 0. The molecule has 0 aliphatic carbocycles. The summed E-state index contributed by atoms with van der Waals surface area (Å²) in [5, 5.41) is 6.66. The standard InChI is InChI=1S/C20H43N5O2.HI/c1-5-7-13-26-15-16-27-14-8-22-20(21-6-2)23-17-19(3)18-25-11-9-24(4)10-12-25;/h19H,5-18H2,1-4H3,(H2,21,22,23);1H. The lowest BCUT2D eigenvalue weighted by Crippen LogP contribution is -2.46. The average molecular weight is 514 g/mol. The molecule has 0 radical (unpaired) electrons. The molecule has 0 aromatic heterocycles. The minimum Gasteiger partial charge on any atom is -0.379 e. The van der Waals surface area contributed by atoms with E-state index in [1.165, 1.54) is 32.6 Å². The number of rotatable bonds is 14. The van der Waals surface area contributed by atoms with Gasteiger partial charge < -0.3 is 29.9 Å². The van der Waals surface area contributed by atoms with Crippen LogP contribution in [0.5, 0.6) is 0 Å². The summed E-state index contributed by atoms with van der Waals surface area (Å²) >= 11 is 0. The van der Waals surface area contributed by atoms with Gasteiger partial charge in [0.2, 0.25) is 0 Å². The summed E-state index contributed by atoms with van der Waals surface area (Å²) in [6, 6.07) is 0. The second kappa shape index (κ2) is 18.8. The Kier molecular flexibility index (Phi) is 18.7. The number of nitrogens with zero attached hydrogens (tertiary/aromatic N) is 3. The van der Waals surface area contributed by atoms with Crippen LogP contribution in [0.15, 0.2) is 4.99 Å². The topological polar surface area (TPSA) is 61.4 Å². The van der Waals surface area contributed by atoms with Crippen LogP contribution in [0.1, 0.15) is 33.6 Å². The van der Waals surface area contributed by atoms with Crippen molar-refractivity contribution in [3.8, 4) is 0 Å². The lowest BCUT2D eigenvalue weighted by atomic mass is 10.1. The van der Waals surface area contributed by atoms with Crippen molar-refractivity contribution in [3.05, 3.63) is 0 Å². The third-order valence-corrected chi connectivity index (χ3v) is 4.62. The van der Waals surface area contributed by atoms with Gasteiger partial charge in [0.15, 0.2) is 5.96 Å². The molecule has 7 nitrogen and oxygen atoms in total. The van der Waals surface area contributed by atoms with Crippen molar-refractivity contribution < 1.29 is 9.47 Å². The van der Waals surface area contributed by atoms with Crippen molar-refractivity contribution >= 4 is 29.9 Å². The number of halogens is 1. The molecule has 1 heterocycles. The third kappa shape index (κ3) is 14.8. The van der Waals surface area contributed by atoms with Crippen molar-refractivity contribution in [1.29, 1.82) is 0 Å². The number of ether oxygens (including phenoxy) is 2. The quantitative estimate of drug-likeness (QED) is 0.160. The normalized spacial score (nSPS) is 17.2. The highest BCUT2D eigenvalue weighted by Gasteiger charge is 2.15. The molecule has 1 aliphatic heterocycles. The summed E-state index contributed by atoms with van der Waals surface area (Å²) in [4.78, 5) is 9.69. The second-order valence-corrected chi connectivity index (χ2v) is 7.43. The van der Waals surface area contributed by atoms with Gasteiger partial charge in [-0.15, -0.1) is 24.0 Å². The monoisotopic (exact) mass is 513 g/mol. The van der Waals surface area contributed by atoms with Gasteiger partial charge in [0, 0.05) is 59.0 Å². The molecule has 1 rings (SSSR count). The van der Waals surface area contributed by atoms with Gasteiger partial charge in [-0.1, -0.05) is 20.3 Å². The van der Waals surface area contributed by atoms with E-state index in [1.54, 1.807) is 0 Å². The van der Waals surface area contributed by atoms with Crippen LogP contribution in [0.2, 0.25) is 0 Å². The lowest BCUT2D eigenvalue weighted by molar-refractivity contribution is 0.0487. The highest BCUT2D eigenvalue weighted by molar-refractivity contribution is 14.0. The summed E-state index contributed by atoms with van der Waals surface area (Å²) in [7, 11) is 2.20. The molecule has 8 heteroatoms. The van der Waals surface area contributed by atoms with E-state index in [-0.39, 0.29) is 24.0 Å².